The molecule has 0 saturated heterocycles. The molecule has 0 radical (unpaired) electrons. The van der Waals surface area contributed by atoms with Crippen molar-refractivity contribution >= 4 is 34.8 Å². The number of rotatable bonds is 6. The number of aryl methyl sites for hydroxylation is 1. The summed E-state index contributed by atoms with van der Waals surface area (Å²) in [7, 11) is 0. The molecule has 0 fully saturated rings. The molecular formula is C19H19Cl2F2N5O. The number of aromatic nitrogens is 4. The molecule has 2 aromatic heterocycles. The highest BCUT2D eigenvalue weighted by molar-refractivity contribution is 6.32. The second-order valence-corrected chi connectivity index (χ2v) is 7.44. The van der Waals surface area contributed by atoms with Crippen LogP contribution in [-0.4, -0.2) is 25.5 Å². The first kappa shape index (κ1) is 21.3. The van der Waals surface area contributed by atoms with E-state index in [0.717, 1.165) is 11.3 Å². The van der Waals surface area contributed by atoms with Gasteiger partial charge in [-0.1, -0.05) is 35.3 Å². The topological polar surface area (TPSA) is 64.7 Å². The van der Waals surface area contributed by atoms with Crippen molar-refractivity contribution in [2.24, 2.45) is 0 Å². The number of benzene rings is 1. The van der Waals surface area contributed by atoms with Crippen molar-refractivity contribution in [1.82, 2.24) is 19.6 Å². The largest absolute Gasteiger partial charge is 0.321 e. The second kappa shape index (κ2) is 8.51. The summed E-state index contributed by atoms with van der Waals surface area (Å²) in [5, 5.41) is 11.5. The predicted octanol–water partition coefficient (Wildman–Crippen LogP) is 4.94. The third kappa shape index (κ3) is 4.59. The third-order valence-electron chi connectivity index (χ3n) is 4.53. The molecule has 0 atom stereocenters. The molecule has 6 nitrogen and oxygen atoms in total. The molecule has 0 saturated carbocycles. The average molecular weight is 442 g/mol. The van der Waals surface area contributed by atoms with E-state index in [1.54, 1.807) is 17.7 Å². The Morgan fingerprint density at radius 2 is 1.86 bits per heavy atom. The van der Waals surface area contributed by atoms with Crippen molar-refractivity contribution in [1.29, 1.82) is 0 Å². The highest BCUT2D eigenvalue weighted by atomic mass is 35.5. The van der Waals surface area contributed by atoms with Crippen molar-refractivity contribution in [2.75, 3.05) is 5.32 Å². The molecule has 3 rings (SSSR count). The van der Waals surface area contributed by atoms with Crippen LogP contribution in [0, 0.1) is 20.8 Å². The number of halogens is 4. The fourth-order valence-electron chi connectivity index (χ4n) is 3.00. The summed E-state index contributed by atoms with van der Waals surface area (Å²) in [5.74, 6) is -0.415. The predicted molar refractivity (Wildman–Crippen MR) is 108 cm³/mol. The molecule has 29 heavy (non-hydrogen) atoms. The molecule has 0 bridgehead atoms. The van der Waals surface area contributed by atoms with Gasteiger partial charge < -0.3 is 5.32 Å². The van der Waals surface area contributed by atoms with Crippen molar-refractivity contribution in [2.45, 2.75) is 40.3 Å². The molecule has 154 valence electrons. The van der Waals surface area contributed by atoms with Crippen molar-refractivity contribution < 1.29 is 13.6 Å². The number of carbonyl (C=O) groups is 1. The van der Waals surface area contributed by atoms with E-state index in [9.17, 15) is 13.6 Å². The number of anilines is 1. The zero-order valence-corrected chi connectivity index (χ0v) is 17.5. The maximum atomic E-state index is 12.9. The number of amides is 1. The maximum absolute atomic E-state index is 12.9. The molecule has 0 unspecified atom stereocenters. The minimum absolute atomic E-state index is 0.130. The standard InChI is InChI=1S/C19H19Cl2F2N5O/c1-10-17(12(3)27(25-10)8-13-5-4-6-14(20)7-13)24-15(29)9-28-11(2)16(21)18(26-28)19(22)23/h4-7,19H,8-9H2,1-3H3,(H,24,29). The first-order chi connectivity index (χ1) is 13.7. The first-order valence-corrected chi connectivity index (χ1v) is 9.52. The van der Waals surface area contributed by atoms with Crippen LogP contribution in [0.15, 0.2) is 24.3 Å². The van der Waals surface area contributed by atoms with Gasteiger partial charge in [-0.3, -0.25) is 14.2 Å². The van der Waals surface area contributed by atoms with Crippen LogP contribution >= 0.6 is 23.2 Å². The molecule has 1 amide bonds. The van der Waals surface area contributed by atoms with Crippen molar-refractivity contribution in [3.05, 3.63) is 62.6 Å². The van der Waals surface area contributed by atoms with Gasteiger partial charge in [-0.25, -0.2) is 8.78 Å². The summed E-state index contributed by atoms with van der Waals surface area (Å²) in [6.45, 7) is 5.41. The Morgan fingerprint density at radius 3 is 2.48 bits per heavy atom. The Morgan fingerprint density at radius 1 is 1.14 bits per heavy atom. The molecule has 10 heteroatoms. The lowest BCUT2D eigenvalue weighted by Crippen LogP contribution is -2.21. The summed E-state index contributed by atoms with van der Waals surface area (Å²) >= 11 is 11.9. The second-order valence-electron chi connectivity index (χ2n) is 6.62. The Hall–Kier alpha value is -2.45. The third-order valence-corrected chi connectivity index (χ3v) is 5.23. The minimum Gasteiger partial charge on any atom is -0.321 e. The van der Waals surface area contributed by atoms with Gasteiger partial charge in [0.05, 0.1) is 34.3 Å². The van der Waals surface area contributed by atoms with Crippen LogP contribution < -0.4 is 5.32 Å². The molecule has 3 aromatic rings. The monoisotopic (exact) mass is 441 g/mol. The van der Waals surface area contributed by atoms with E-state index in [1.807, 2.05) is 25.1 Å². The number of nitrogens with one attached hydrogen (secondary N) is 1. The van der Waals surface area contributed by atoms with Gasteiger partial charge in [0.2, 0.25) is 5.91 Å². The SMILES string of the molecule is Cc1nn(Cc2cccc(Cl)c2)c(C)c1NC(=O)Cn1nc(C(F)F)c(Cl)c1C. The Balaban J connectivity index is 1.76. The zero-order chi connectivity index (χ0) is 21.3. The van der Waals surface area contributed by atoms with E-state index in [0.29, 0.717) is 28.6 Å². The summed E-state index contributed by atoms with van der Waals surface area (Å²) in [6.07, 6.45) is -2.81. The summed E-state index contributed by atoms with van der Waals surface area (Å²) < 4.78 is 28.8. The van der Waals surface area contributed by atoms with E-state index in [-0.39, 0.29) is 11.6 Å². The highest BCUT2D eigenvalue weighted by Crippen LogP contribution is 2.28. The highest BCUT2D eigenvalue weighted by Gasteiger charge is 2.22. The first-order valence-electron chi connectivity index (χ1n) is 8.76. The summed E-state index contributed by atoms with van der Waals surface area (Å²) in [5.41, 5.74) is 2.73. The summed E-state index contributed by atoms with van der Waals surface area (Å²) in [6, 6.07) is 7.44. The van der Waals surface area contributed by atoms with Crippen LogP contribution in [0.3, 0.4) is 0 Å². The van der Waals surface area contributed by atoms with Gasteiger partial charge in [0.1, 0.15) is 12.2 Å². The van der Waals surface area contributed by atoms with E-state index in [2.05, 4.69) is 15.5 Å². The number of alkyl halides is 2. The van der Waals surface area contributed by atoms with E-state index in [1.165, 1.54) is 11.6 Å². The van der Waals surface area contributed by atoms with Gasteiger partial charge in [-0.15, -0.1) is 0 Å². The molecule has 1 N–H and O–H groups in total. The number of hydrogen-bond donors (Lipinski definition) is 1. The van der Waals surface area contributed by atoms with Gasteiger partial charge in [-0.05, 0) is 38.5 Å². The van der Waals surface area contributed by atoms with Gasteiger partial charge >= 0.3 is 0 Å². The normalized spacial score (nSPS) is 11.3. The molecule has 0 spiro atoms. The molecule has 0 aliphatic carbocycles. The van der Waals surface area contributed by atoms with E-state index < -0.39 is 18.0 Å². The summed E-state index contributed by atoms with van der Waals surface area (Å²) in [4.78, 5) is 12.5. The van der Waals surface area contributed by atoms with Crippen molar-refractivity contribution in [3.8, 4) is 0 Å². The molecular weight excluding hydrogens is 423 g/mol. The fourth-order valence-corrected chi connectivity index (χ4v) is 3.43. The maximum Gasteiger partial charge on any atom is 0.283 e. The number of carbonyl (C=O) groups excluding carboxylic acids is 1. The van der Waals surface area contributed by atoms with Crippen LogP contribution in [0.25, 0.3) is 0 Å². The van der Waals surface area contributed by atoms with Crippen molar-refractivity contribution in [3.63, 3.8) is 0 Å². The lowest BCUT2D eigenvalue weighted by atomic mass is 10.2. The van der Waals surface area contributed by atoms with Crippen LogP contribution in [0.5, 0.6) is 0 Å². The van der Waals surface area contributed by atoms with Crippen LogP contribution in [0.2, 0.25) is 10.0 Å². The Labute approximate surface area is 176 Å². The van der Waals surface area contributed by atoms with Crippen LogP contribution in [-0.2, 0) is 17.9 Å². The smallest absolute Gasteiger partial charge is 0.283 e. The fraction of sp³-hybridized carbons (Fsp3) is 0.316. The number of hydrogen-bond acceptors (Lipinski definition) is 3. The quantitative estimate of drug-likeness (QED) is 0.589. The lowest BCUT2D eigenvalue weighted by molar-refractivity contribution is -0.117. The minimum atomic E-state index is -2.81. The average Bonchev–Trinajstić information content (AvgIpc) is 3.07. The molecule has 0 aliphatic rings. The lowest BCUT2D eigenvalue weighted by Gasteiger charge is -2.08. The number of nitrogens with zero attached hydrogens (tertiary/aromatic N) is 4. The van der Waals surface area contributed by atoms with Crippen LogP contribution in [0.1, 0.15) is 34.8 Å². The Bertz CT molecular complexity index is 1060. The molecule has 0 aliphatic heterocycles. The van der Waals surface area contributed by atoms with E-state index >= 15 is 0 Å². The van der Waals surface area contributed by atoms with Gasteiger partial charge in [-0.2, -0.15) is 10.2 Å². The van der Waals surface area contributed by atoms with Gasteiger partial charge in [0.25, 0.3) is 6.43 Å². The van der Waals surface area contributed by atoms with Gasteiger partial charge in [0.15, 0.2) is 0 Å². The molecule has 2 heterocycles. The van der Waals surface area contributed by atoms with Crippen LogP contribution in [0.4, 0.5) is 14.5 Å². The van der Waals surface area contributed by atoms with Gasteiger partial charge in [0, 0.05) is 5.02 Å². The zero-order valence-electron chi connectivity index (χ0n) is 16.0. The Kier molecular flexibility index (Phi) is 6.24. The van der Waals surface area contributed by atoms with E-state index in [4.69, 9.17) is 23.2 Å². The molecule has 1 aromatic carbocycles.